The van der Waals surface area contributed by atoms with Crippen LogP contribution in [0.15, 0.2) is 71.5 Å². The molecule has 0 saturated carbocycles. The van der Waals surface area contributed by atoms with E-state index in [2.05, 4.69) is 41.2 Å². The molecular formula is C26H31N3O2. The number of likely N-dealkylation sites (N-methyl/N-ethyl adjacent to an activating group) is 1. The molecule has 0 aliphatic heterocycles. The lowest BCUT2D eigenvalue weighted by Gasteiger charge is -2.30. The lowest BCUT2D eigenvalue weighted by molar-refractivity contribution is 0.0933. The Labute approximate surface area is 184 Å². The smallest absolute Gasteiger partial charge is 0.261 e. The normalized spacial score (nSPS) is 12.0. The Morgan fingerprint density at radius 3 is 2.39 bits per heavy atom. The molecule has 31 heavy (non-hydrogen) atoms. The van der Waals surface area contributed by atoms with Crippen LogP contribution in [0.1, 0.15) is 35.3 Å². The highest BCUT2D eigenvalue weighted by atomic mass is 16.2. The number of hydrogen-bond acceptors (Lipinski definition) is 3. The van der Waals surface area contributed by atoms with Crippen molar-refractivity contribution in [3.63, 3.8) is 0 Å². The van der Waals surface area contributed by atoms with Crippen LogP contribution >= 0.6 is 0 Å². The van der Waals surface area contributed by atoms with Crippen LogP contribution in [-0.2, 0) is 6.42 Å². The quantitative estimate of drug-likeness (QED) is 0.552. The Bertz CT molecular complexity index is 1060. The number of rotatable bonds is 9. The zero-order valence-electron chi connectivity index (χ0n) is 18.5. The molecule has 1 amide bonds. The summed E-state index contributed by atoms with van der Waals surface area (Å²) in [4.78, 5) is 30.5. The Kier molecular flexibility index (Phi) is 7.79. The van der Waals surface area contributed by atoms with Gasteiger partial charge in [-0.05, 0) is 55.8 Å². The van der Waals surface area contributed by atoms with Gasteiger partial charge in [0.15, 0.2) is 0 Å². The van der Waals surface area contributed by atoms with Gasteiger partial charge < -0.3 is 10.3 Å². The summed E-state index contributed by atoms with van der Waals surface area (Å²) in [6, 6.07) is 21.7. The minimum absolute atomic E-state index is 0.134. The zero-order valence-corrected chi connectivity index (χ0v) is 18.5. The molecule has 0 radical (unpaired) electrons. The average Bonchev–Trinajstić information content (AvgIpc) is 2.78. The van der Waals surface area contributed by atoms with Gasteiger partial charge in [0.25, 0.3) is 11.5 Å². The molecule has 0 aliphatic rings. The Balaban J connectivity index is 1.72. The number of H-pyrrole nitrogens is 1. The standard InChI is InChI=1S/C26H31N3O2/c1-4-29(5-2)22(17-20-11-7-6-8-12-20)18-27-25(30)23-14-15-24(28-26(23)31)21-13-9-10-19(3)16-21/h6-16,22H,4-5,17-18H2,1-3H3,(H,27,30)(H,28,31). The number of pyridine rings is 1. The number of aryl methyl sites for hydroxylation is 1. The van der Waals surface area contributed by atoms with Crippen LogP contribution in [0.5, 0.6) is 0 Å². The van der Waals surface area contributed by atoms with Gasteiger partial charge >= 0.3 is 0 Å². The third-order valence-electron chi connectivity index (χ3n) is 5.62. The van der Waals surface area contributed by atoms with Crippen LogP contribution < -0.4 is 10.9 Å². The molecular weight excluding hydrogens is 386 g/mol. The fraction of sp³-hybridized carbons (Fsp3) is 0.308. The molecule has 5 nitrogen and oxygen atoms in total. The van der Waals surface area contributed by atoms with Gasteiger partial charge in [-0.2, -0.15) is 0 Å². The maximum absolute atomic E-state index is 12.8. The number of amides is 1. The lowest BCUT2D eigenvalue weighted by Crippen LogP contribution is -2.45. The zero-order chi connectivity index (χ0) is 22.2. The van der Waals surface area contributed by atoms with Crippen LogP contribution in [0.25, 0.3) is 11.3 Å². The molecule has 162 valence electrons. The lowest BCUT2D eigenvalue weighted by atomic mass is 10.0. The predicted octanol–water partition coefficient (Wildman–Crippen LogP) is 4.03. The number of carbonyl (C=O) groups excluding carboxylic acids is 1. The van der Waals surface area contributed by atoms with Crippen molar-refractivity contribution >= 4 is 5.91 Å². The summed E-state index contributed by atoms with van der Waals surface area (Å²) in [6.45, 7) is 8.53. The van der Waals surface area contributed by atoms with Crippen LogP contribution in [0.2, 0.25) is 0 Å². The number of carbonyl (C=O) groups is 1. The number of nitrogens with one attached hydrogen (secondary N) is 2. The van der Waals surface area contributed by atoms with Gasteiger partial charge in [-0.1, -0.05) is 67.9 Å². The second-order valence-electron chi connectivity index (χ2n) is 7.76. The van der Waals surface area contributed by atoms with Crippen LogP contribution in [0.3, 0.4) is 0 Å². The first-order chi connectivity index (χ1) is 15.0. The third kappa shape index (κ3) is 5.92. The van der Waals surface area contributed by atoms with Crippen LogP contribution in [0, 0.1) is 6.92 Å². The highest BCUT2D eigenvalue weighted by Crippen LogP contribution is 2.17. The Morgan fingerprint density at radius 2 is 1.74 bits per heavy atom. The number of nitrogens with zero attached hydrogens (tertiary/aromatic N) is 1. The summed E-state index contributed by atoms with van der Waals surface area (Å²) in [7, 11) is 0. The van der Waals surface area contributed by atoms with Gasteiger partial charge in [0, 0.05) is 18.3 Å². The molecule has 2 aromatic carbocycles. The first-order valence-corrected chi connectivity index (χ1v) is 10.9. The van der Waals surface area contributed by atoms with Gasteiger partial charge in [0.05, 0.1) is 0 Å². The van der Waals surface area contributed by atoms with E-state index in [1.54, 1.807) is 12.1 Å². The van der Waals surface area contributed by atoms with Crippen LogP contribution in [0.4, 0.5) is 0 Å². The van der Waals surface area contributed by atoms with Gasteiger partial charge in [0.2, 0.25) is 0 Å². The maximum atomic E-state index is 12.8. The first-order valence-electron chi connectivity index (χ1n) is 10.9. The van der Waals surface area contributed by atoms with E-state index in [0.29, 0.717) is 12.2 Å². The molecule has 1 atom stereocenters. The molecule has 5 heteroatoms. The van der Waals surface area contributed by atoms with Crippen molar-refractivity contribution in [1.82, 2.24) is 15.2 Å². The molecule has 1 unspecified atom stereocenters. The number of benzene rings is 2. The van der Waals surface area contributed by atoms with E-state index < -0.39 is 0 Å². The molecule has 2 N–H and O–H groups in total. The predicted molar refractivity (Wildman–Crippen MR) is 126 cm³/mol. The number of aromatic nitrogens is 1. The number of aromatic amines is 1. The third-order valence-corrected chi connectivity index (χ3v) is 5.62. The summed E-state index contributed by atoms with van der Waals surface area (Å²) in [5, 5.41) is 2.98. The second-order valence-corrected chi connectivity index (χ2v) is 7.76. The van der Waals surface area contributed by atoms with E-state index in [-0.39, 0.29) is 23.1 Å². The Morgan fingerprint density at radius 1 is 1.00 bits per heavy atom. The highest BCUT2D eigenvalue weighted by Gasteiger charge is 2.19. The van der Waals surface area contributed by atoms with Gasteiger partial charge in [-0.3, -0.25) is 14.5 Å². The van der Waals surface area contributed by atoms with Gasteiger partial charge in [0.1, 0.15) is 5.56 Å². The van der Waals surface area contributed by atoms with E-state index in [4.69, 9.17) is 0 Å². The molecule has 0 aliphatic carbocycles. The van der Waals surface area contributed by atoms with Crippen LogP contribution in [-0.4, -0.2) is 41.5 Å². The van der Waals surface area contributed by atoms with E-state index in [0.717, 1.165) is 30.6 Å². The SMILES string of the molecule is CCN(CC)C(CNC(=O)c1ccc(-c2cccc(C)c2)[nH]c1=O)Cc1ccccc1. The van der Waals surface area contributed by atoms with Crippen molar-refractivity contribution < 1.29 is 4.79 Å². The van der Waals surface area contributed by atoms with Crippen molar-refractivity contribution in [3.05, 3.63) is 93.8 Å². The first kappa shape index (κ1) is 22.5. The van der Waals surface area contributed by atoms with E-state index in [9.17, 15) is 9.59 Å². The summed E-state index contributed by atoms with van der Waals surface area (Å²) in [5.74, 6) is -0.345. The summed E-state index contributed by atoms with van der Waals surface area (Å²) in [5.41, 5.74) is 3.73. The molecule has 0 spiro atoms. The van der Waals surface area contributed by atoms with E-state index in [1.807, 2.05) is 49.4 Å². The van der Waals surface area contributed by atoms with E-state index in [1.165, 1.54) is 5.56 Å². The van der Waals surface area contributed by atoms with Gasteiger partial charge in [-0.25, -0.2) is 0 Å². The van der Waals surface area contributed by atoms with E-state index >= 15 is 0 Å². The fourth-order valence-electron chi connectivity index (χ4n) is 3.90. The molecule has 1 heterocycles. The molecule has 1 aromatic heterocycles. The minimum Gasteiger partial charge on any atom is -0.350 e. The van der Waals surface area contributed by atoms with Crippen molar-refractivity contribution in [2.45, 2.75) is 33.2 Å². The average molecular weight is 418 g/mol. The van der Waals surface area contributed by atoms with Crippen molar-refractivity contribution in [2.24, 2.45) is 0 Å². The van der Waals surface area contributed by atoms with Crippen molar-refractivity contribution in [3.8, 4) is 11.3 Å². The molecule has 0 bridgehead atoms. The molecule has 0 fully saturated rings. The molecule has 0 saturated heterocycles. The monoisotopic (exact) mass is 417 g/mol. The summed E-state index contributed by atoms with van der Waals surface area (Å²) >= 11 is 0. The minimum atomic E-state index is -0.376. The molecule has 3 aromatic rings. The maximum Gasteiger partial charge on any atom is 0.261 e. The fourth-order valence-corrected chi connectivity index (χ4v) is 3.90. The Hall–Kier alpha value is -3.18. The summed E-state index contributed by atoms with van der Waals surface area (Å²) in [6.07, 6.45) is 0.839. The second kappa shape index (κ2) is 10.7. The summed E-state index contributed by atoms with van der Waals surface area (Å²) < 4.78 is 0. The van der Waals surface area contributed by atoms with Gasteiger partial charge in [-0.15, -0.1) is 0 Å². The topological polar surface area (TPSA) is 65.2 Å². The largest absolute Gasteiger partial charge is 0.350 e. The van der Waals surface area contributed by atoms with Crippen molar-refractivity contribution in [2.75, 3.05) is 19.6 Å². The highest BCUT2D eigenvalue weighted by molar-refractivity contribution is 5.94. The van der Waals surface area contributed by atoms with Crippen molar-refractivity contribution in [1.29, 1.82) is 0 Å². The number of hydrogen-bond donors (Lipinski definition) is 2. The molecule has 3 rings (SSSR count).